The van der Waals surface area contributed by atoms with Gasteiger partial charge in [0.25, 0.3) is 0 Å². The van der Waals surface area contributed by atoms with Crippen LogP contribution in [-0.2, 0) is 19.4 Å². The number of unbranched alkanes of at least 4 members (excludes halogenated alkanes) is 1. The molecule has 0 fully saturated rings. The number of fused-ring (bicyclic) bond motifs is 3. The molecule has 4 rings (SSSR count). The molecule has 1 aliphatic carbocycles. The lowest BCUT2D eigenvalue weighted by Crippen LogP contribution is -2.00. The van der Waals surface area contributed by atoms with Gasteiger partial charge in [-0.15, -0.1) is 11.3 Å². The molecule has 0 atom stereocenters. The summed E-state index contributed by atoms with van der Waals surface area (Å²) in [7, 11) is 0. The van der Waals surface area contributed by atoms with Gasteiger partial charge in [-0.3, -0.25) is 10.1 Å². The Hall–Kier alpha value is -1.99. The van der Waals surface area contributed by atoms with Crippen LogP contribution >= 0.6 is 22.9 Å². The Labute approximate surface area is 161 Å². The quantitative estimate of drug-likeness (QED) is 0.495. The summed E-state index contributed by atoms with van der Waals surface area (Å²) in [6.45, 7) is 4.93. The van der Waals surface area contributed by atoms with E-state index in [-0.39, 0.29) is 0 Å². The van der Waals surface area contributed by atoms with Crippen LogP contribution in [-0.4, -0.2) is 26.0 Å². The molecule has 3 heterocycles. The number of hydrogen-bond acceptors (Lipinski definition) is 6. The van der Waals surface area contributed by atoms with Crippen molar-refractivity contribution in [3.05, 3.63) is 33.2 Å². The third-order valence-electron chi connectivity index (χ3n) is 4.70. The number of hydrogen-bond donors (Lipinski definition) is 1. The average molecular weight is 389 g/mol. The molecule has 0 bridgehead atoms. The Balaban J connectivity index is 1.58. The highest BCUT2D eigenvalue weighted by molar-refractivity contribution is 7.19. The van der Waals surface area contributed by atoms with Gasteiger partial charge in [-0.2, -0.15) is 10.2 Å². The fourth-order valence-electron chi connectivity index (χ4n) is 3.34. The van der Waals surface area contributed by atoms with Crippen LogP contribution in [0.2, 0.25) is 5.15 Å². The molecule has 0 saturated heterocycles. The minimum atomic E-state index is 0.630. The lowest BCUT2D eigenvalue weighted by Gasteiger charge is -2.03. The average Bonchev–Trinajstić information content (AvgIpc) is 3.28. The predicted molar refractivity (Wildman–Crippen MR) is 108 cm³/mol. The lowest BCUT2D eigenvalue weighted by molar-refractivity contribution is 0.569. The molecule has 1 N–H and O–H groups in total. The maximum Gasteiger partial charge on any atom is 0.158 e. The summed E-state index contributed by atoms with van der Waals surface area (Å²) in [5.41, 5.74) is 6.19. The van der Waals surface area contributed by atoms with Gasteiger partial charge >= 0.3 is 0 Å². The number of nitrogens with one attached hydrogen (secondary N) is 1. The first kappa shape index (κ1) is 17.4. The summed E-state index contributed by atoms with van der Waals surface area (Å²) in [5, 5.41) is 10.6. The number of nitrogens with zero attached hydrogens (tertiary/aromatic N) is 5. The van der Waals surface area contributed by atoms with E-state index < -0.39 is 0 Å². The molecule has 0 saturated carbocycles. The molecule has 6 nitrogen and oxygen atoms in total. The van der Waals surface area contributed by atoms with Crippen molar-refractivity contribution >= 4 is 45.2 Å². The van der Waals surface area contributed by atoms with Crippen LogP contribution in [0.3, 0.4) is 0 Å². The minimum absolute atomic E-state index is 0.630. The van der Waals surface area contributed by atoms with Crippen molar-refractivity contribution in [2.45, 2.75) is 52.5 Å². The zero-order valence-corrected chi connectivity index (χ0v) is 16.5. The molecule has 3 aromatic heterocycles. The van der Waals surface area contributed by atoms with Crippen molar-refractivity contribution in [3.8, 4) is 0 Å². The molecule has 1 aliphatic rings. The van der Waals surface area contributed by atoms with Gasteiger partial charge in [0.1, 0.15) is 16.3 Å². The topological polar surface area (TPSA) is 68.0 Å². The fourth-order valence-corrected chi connectivity index (χ4v) is 4.88. The summed E-state index contributed by atoms with van der Waals surface area (Å²) < 4.78 is 1.84. The summed E-state index contributed by atoms with van der Waals surface area (Å²) >= 11 is 8.23. The zero-order chi connectivity index (χ0) is 18.1. The molecule has 26 heavy (non-hydrogen) atoms. The third kappa shape index (κ3) is 3.10. The van der Waals surface area contributed by atoms with Crippen LogP contribution in [0.15, 0.2) is 11.4 Å². The first-order chi connectivity index (χ1) is 12.7. The van der Waals surface area contributed by atoms with E-state index in [1.165, 1.54) is 16.9 Å². The number of halogens is 1. The van der Waals surface area contributed by atoms with E-state index in [9.17, 15) is 0 Å². The van der Waals surface area contributed by atoms with E-state index >= 15 is 0 Å². The lowest BCUT2D eigenvalue weighted by atomic mass is 10.2. The van der Waals surface area contributed by atoms with Crippen LogP contribution < -0.4 is 5.43 Å². The van der Waals surface area contributed by atoms with Gasteiger partial charge < -0.3 is 0 Å². The van der Waals surface area contributed by atoms with Crippen molar-refractivity contribution in [1.82, 2.24) is 19.7 Å². The third-order valence-corrected chi connectivity index (χ3v) is 6.30. The van der Waals surface area contributed by atoms with Gasteiger partial charge in [0.05, 0.1) is 22.9 Å². The summed E-state index contributed by atoms with van der Waals surface area (Å²) in [4.78, 5) is 11.3. The fraction of sp³-hybridized carbons (Fsp3) is 0.444. The van der Waals surface area contributed by atoms with Crippen molar-refractivity contribution in [2.24, 2.45) is 5.10 Å². The summed E-state index contributed by atoms with van der Waals surface area (Å²) in [6, 6.07) is 0. The molecular weight excluding hydrogens is 368 g/mol. The summed E-state index contributed by atoms with van der Waals surface area (Å²) in [5.74, 6) is 0.762. The Bertz CT molecular complexity index is 974. The van der Waals surface area contributed by atoms with Crippen LogP contribution in [0.25, 0.3) is 10.2 Å². The maximum absolute atomic E-state index is 6.46. The number of aromatic nitrogens is 4. The molecule has 0 radical (unpaired) electrons. The number of hydrazone groups is 1. The highest BCUT2D eigenvalue weighted by atomic mass is 35.5. The van der Waals surface area contributed by atoms with E-state index in [1.807, 2.05) is 11.6 Å². The Morgan fingerprint density at radius 3 is 3.12 bits per heavy atom. The minimum Gasteiger partial charge on any atom is -0.261 e. The van der Waals surface area contributed by atoms with Gasteiger partial charge in [-0.1, -0.05) is 24.9 Å². The molecule has 0 amide bonds. The first-order valence-corrected chi connectivity index (χ1v) is 10.2. The summed E-state index contributed by atoms with van der Waals surface area (Å²) in [6.07, 6.45) is 8.93. The molecule has 0 aliphatic heterocycles. The normalized spacial score (nSPS) is 13.8. The van der Waals surface area contributed by atoms with E-state index in [1.54, 1.807) is 23.9 Å². The molecule has 3 aromatic rings. The molecule has 0 spiro atoms. The van der Waals surface area contributed by atoms with E-state index in [0.717, 1.165) is 59.5 Å². The van der Waals surface area contributed by atoms with Crippen LogP contribution in [0.5, 0.6) is 0 Å². The van der Waals surface area contributed by atoms with Crippen molar-refractivity contribution in [3.63, 3.8) is 0 Å². The SMILES string of the molecule is CCCCn1nc(C)c(/C=N\Nc2ncnc3sc4c(c23)CCC4)c1Cl. The largest absolute Gasteiger partial charge is 0.261 e. The van der Waals surface area contributed by atoms with E-state index in [0.29, 0.717) is 5.15 Å². The molecule has 8 heteroatoms. The van der Waals surface area contributed by atoms with Crippen LogP contribution in [0, 0.1) is 6.92 Å². The first-order valence-electron chi connectivity index (χ1n) is 8.96. The second-order valence-electron chi connectivity index (χ2n) is 6.50. The highest BCUT2D eigenvalue weighted by Crippen LogP contribution is 2.38. The van der Waals surface area contributed by atoms with Gasteiger partial charge in [-0.25, -0.2) is 9.97 Å². The number of aryl methyl sites for hydroxylation is 4. The van der Waals surface area contributed by atoms with Gasteiger partial charge in [0, 0.05) is 11.4 Å². The van der Waals surface area contributed by atoms with E-state index in [2.05, 4.69) is 32.5 Å². The van der Waals surface area contributed by atoms with Crippen LogP contribution in [0.1, 0.15) is 47.9 Å². The van der Waals surface area contributed by atoms with Gasteiger partial charge in [0.2, 0.25) is 0 Å². The van der Waals surface area contributed by atoms with Crippen molar-refractivity contribution in [2.75, 3.05) is 5.43 Å². The van der Waals surface area contributed by atoms with Crippen molar-refractivity contribution < 1.29 is 0 Å². The van der Waals surface area contributed by atoms with Gasteiger partial charge in [-0.05, 0) is 38.2 Å². The van der Waals surface area contributed by atoms with Crippen molar-refractivity contribution in [1.29, 1.82) is 0 Å². The number of anilines is 1. The molecule has 0 unspecified atom stereocenters. The monoisotopic (exact) mass is 388 g/mol. The number of thiophene rings is 1. The van der Waals surface area contributed by atoms with Crippen LogP contribution in [0.4, 0.5) is 5.82 Å². The Morgan fingerprint density at radius 1 is 1.38 bits per heavy atom. The Kier molecular flexibility index (Phi) is 4.91. The maximum atomic E-state index is 6.46. The Morgan fingerprint density at radius 2 is 2.27 bits per heavy atom. The molecular formula is C18H21ClN6S. The highest BCUT2D eigenvalue weighted by Gasteiger charge is 2.21. The second-order valence-corrected chi connectivity index (χ2v) is 7.94. The van der Waals surface area contributed by atoms with E-state index in [4.69, 9.17) is 11.6 Å². The predicted octanol–water partition coefficient (Wildman–Crippen LogP) is 4.58. The van der Waals surface area contributed by atoms with Gasteiger partial charge in [0.15, 0.2) is 5.82 Å². The molecule has 136 valence electrons. The zero-order valence-electron chi connectivity index (χ0n) is 14.9. The second kappa shape index (κ2) is 7.32. The number of rotatable bonds is 6. The smallest absolute Gasteiger partial charge is 0.158 e. The molecule has 0 aromatic carbocycles. The standard InChI is InChI=1S/C18H21ClN6S/c1-3-4-8-25-16(19)13(11(2)24-25)9-22-23-17-15-12-6-5-7-14(12)26-18(15)21-10-20-17/h9-10H,3-8H2,1-2H3,(H,20,21,23)/b22-9-.